The maximum Gasteiger partial charge on any atom is 1.00 e. The van der Waals surface area contributed by atoms with Crippen molar-refractivity contribution in [1.29, 1.82) is 0 Å². The summed E-state index contributed by atoms with van der Waals surface area (Å²) in [5.74, 6) is -0.879. The van der Waals surface area contributed by atoms with E-state index in [1.165, 1.54) is 0 Å². The van der Waals surface area contributed by atoms with Crippen molar-refractivity contribution in [2.45, 2.75) is 0 Å². The average molecular weight is 186 g/mol. The normalized spacial score (nSPS) is 7.27. The standard InChI is InChI=1S/C7H6O2.K.Na.2H/c8-7(9)6-4-2-1-3-5-6;;;;/h1-5H,(H,8,9);;;;/q;2*+1;2*-1. The molecule has 1 aromatic rings. The SMILES string of the molecule is O=C(O)c1ccccc1.[H-].[H-].[K+].[Na+]. The van der Waals surface area contributed by atoms with E-state index in [-0.39, 0.29) is 83.8 Å². The molecule has 0 saturated carbocycles. The Bertz CT molecular complexity index is 221. The smallest absolute Gasteiger partial charge is 1.00 e. The predicted octanol–water partition coefficient (Wildman–Crippen LogP) is -4.38. The predicted molar refractivity (Wildman–Crippen MR) is 35.6 cm³/mol. The molecule has 0 fully saturated rings. The summed E-state index contributed by atoms with van der Waals surface area (Å²) in [5, 5.41) is 8.38. The first-order chi connectivity index (χ1) is 4.30. The average Bonchev–Trinajstić information content (AvgIpc) is 1.90. The molecular formula is C7H8KNaO2. The Morgan fingerprint density at radius 1 is 1.27 bits per heavy atom. The summed E-state index contributed by atoms with van der Waals surface area (Å²) in [6, 6.07) is 8.30. The Labute approximate surface area is 133 Å². The first-order valence-corrected chi connectivity index (χ1v) is 2.59. The van der Waals surface area contributed by atoms with Crippen LogP contribution in [0.1, 0.15) is 13.2 Å². The molecule has 0 saturated heterocycles. The van der Waals surface area contributed by atoms with E-state index in [0.29, 0.717) is 5.56 Å². The molecule has 0 unspecified atom stereocenters. The van der Waals surface area contributed by atoms with Gasteiger partial charge in [0.2, 0.25) is 0 Å². The van der Waals surface area contributed by atoms with Crippen LogP contribution in [0.5, 0.6) is 0 Å². The van der Waals surface area contributed by atoms with Crippen molar-refractivity contribution in [3.05, 3.63) is 35.9 Å². The van der Waals surface area contributed by atoms with Crippen molar-refractivity contribution in [2.75, 3.05) is 0 Å². The summed E-state index contributed by atoms with van der Waals surface area (Å²) >= 11 is 0. The van der Waals surface area contributed by atoms with Crippen LogP contribution in [0.2, 0.25) is 0 Å². The van der Waals surface area contributed by atoms with Crippen LogP contribution in [0.4, 0.5) is 0 Å². The molecule has 0 aliphatic carbocycles. The van der Waals surface area contributed by atoms with Gasteiger partial charge in [-0.3, -0.25) is 0 Å². The molecule has 0 bridgehead atoms. The van der Waals surface area contributed by atoms with Gasteiger partial charge in [-0.1, -0.05) is 18.2 Å². The number of aromatic carboxylic acids is 1. The third-order valence-electron chi connectivity index (χ3n) is 1.02. The second-order valence-electron chi connectivity index (χ2n) is 1.67. The minimum Gasteiger partial charge on any atom is -1.00 e. The second-order valence-corrected chi connectivity index (χ2v) is 1.67. The first kappa shape index (κ1) is 14.8. The van der Waals surface area contributed by atoms with E-state index in [9.17, 15) is 4.79 Å². The summed E-state index contributed by atoms with van der Waals surface area (Å²) in [6.45, 7) is 0. The van der Waals surface area contributed by atoms with E-state index in [2.05, 4.69) is 0 Å². The van der Waals surface area contributed by atoms with Gasteiger partial charge in [0.25, 0.3) is 0 Å². The largest absolute Gasteiger partial charge is 1.00 e. The summed E-state index contributed by atoms with van der Waals surface area (Å²) in [7, 11) is 0. The van der Waals surface area contributed by atoms with Crippen molar-refractivity contribution in [3.8, 4) is 0 Å². The minimum atomic E-state index is -0.879. The fourth-order valence-electron chi connectivity index (χ4n) is 0.581. The third-order valence-corrected chi connectivity index (χ3v) is 1.02. The molecule has 0 aliphatic rings. The summed E-state index contributed by atoms with van der Waals surface area (Å²) in [6.07, 6.45) is 0. The number of rotatable bonds is 1. The maximum absolute atomic E-state index is 10.2. The number of carbonyl (C=O) groups is 1. The Balaban J connectivity index is -0.000000101. The molecule has 0 spiro atoms. The van der Waals surface area contributed by atoms with Gasteiger partial charge in [0, 0.05) is 0 Å². The Morgan fingerprint density at radius 2 is 1.73 bits per heavy atom. The van der Waals surface area contributed by atoms with E-state index >= 15 is 0 Å². The van der Waals surface area contributed by atoms with E-state index < -0.39 is 5.97 Å². The zero-order chi connectivity index (χ0) is 6.69. The topological polar surface area (TPSA) is 37.3 Å². The van der Waals surface area contributed by atoms with Gasteiger partial charge in [-0.25, -0.2) is 4.79 Å². The van der Waals surface area contributed by atoms with Gasteiger partial charge in [0.05, 0.1) is 5.56 Å². The van der Waals surface area contributed by atoms with Crippen molar-refractivity contribution >= 4 is 5.97 Å². The van der Waals surface area contributed by atoms with Gasteiger partial charge in [-0.2, -0.15) is 0 Å². The van der Waals surface area contributed by atoms with E-state index in [1.54, 1.807) is 30.3 Å². The summed E-state index contributed by atoms with van der Waals surface area (Å²) in [4.78, 5) is 10.2. The Kier molecular flexibility index (Phi) is 10.7. The molecule has 1 rings (SSSR count). The van der Waals surface area contributed by atoms with Gasteiger partial charge in [0.1, 0.15) is 0 Å². The van der Waals surface area contributed by atoms with Gasteiger partial charge in [0.15, 0.2) is 0 Å². The molecule has 50 valence electrons. The molecule has 0 amide bonds. The fraction of sp³-hybridized carbons (Fsp3) is 0. The number of hydrogen-bond donors (Lipinski definition) is 1. The number of carboxylic acid groups (broad SMARTS) is 1. The Morgan fingerprint density at radius 3 is 2.00 bits per heavy atom. The zero-order valence-corrected chi connectivity index (χ0v) is 11.9. The van der Waals surface area contributed by atoms with Crippen molar-refractivity contribution in [3.63, 3.8) is 0 Å². The second kappa shape index (κ2) is 7.95. The van der Waals surface area contributed by atoms with Gasteiger partial charge < -0.3 is 7.96 Å². The van der Waals surface area contributed by atoms with Crippen LogP contribution in [0, 0.1) is 0 Å². The minimum absolute atomic E-state index is 0. The van der Waals surface area contributed by atoms with Crippen molar-refractivity contribution < 1.29 is 93.7 Å². The van der Waals surface area contributed by atoms with Gasteiger partial charge in [-0.15, -0.1) is 0 Å². The number of hydrogen-bond acceptors (Lipinski definition) is 1. The molecule has 0 radical (unpaired) electrons. The molecule has 11 heavy (non-hydrogen) atoms. The van der Waals surface area contributed by atoms with Crippen LogP contribution in [0.15, 0.2) is 30.3 Å². The Hall–Kier alpha value is 1.33. The molecular weight excluding hydrogens is 178 g/mol. The molecule has 2 nitrogen and oxygen atoms in total. The van der Waals surface area contributed by atoms with E-state index in [4.69, 9.17) is 5.11 Å². The van der Waals surface area contributed by atoms with Crippen LogP contribution in [0.25, 0.3) is 0 Å². The molecule has 0 aliphatic heterocycles. The van der Waals surface area contributed by atoms with Crippen LogP contribution < -0.4 is 80.9 Å². The van der Waals surface area contributed by atoms with Crippen molar-refractivity contribution in [2.24, 2.45) is 0 Å². The fourth-order valence-corrected chi connectivity index (χ4v) is 0.581. The molecule has 1 N–H and O–H groups in total. The molecule has 0 aromatic heterocycles. The summed E-state index contributed by atoms with van der Waals surface area (Å²) in [5.41, 5.74) is 0.331. The van der Waals surface area contributed by atoms with Crippen molar-refractivity contribution in [1.82, 2.24) is 0 Å². The quantitative estimate of drug-likeness (QED) is 0.450. The maximum atomic E-state index is 10.2. The summed E-state index contributed by atoms with van der Waals surface area (Å²) < 4.78 is 0. The molecule has 1 aromatic carbocycles. The molecule has 0 heterocycles. The first-order valence-electron chi connectivity index (χ1n) is 2.59. The van der Waals surface area contributed by atoms with Crippen LogP contribution in [-0.4, -0.2) is 11.1 Å². The number of carboxylic acids is 1. The molecule has 0 atom stereocenters. The van der Waals surface area contributed by atoms with Crippen LogP contribution in [0.3, 0.4) is 0 Å². The number of benzene rings is 1. The van der Waals surface area contributed by atoms with Gasteiger partial charge >= 0.3 is 86.9 Å². The van der Waals surface area contributed by atoms with E-state index in [0.717, 1.165) is 0 Å². The molecule has 4 heteroatoms. The third kappa shape index (κ3) is 5.55. The van der Waals surface area contributed by atoms with Crippen LogP contribution >= 0.6 is 0 Å². The zero-order valence-electron chi connectivity index (χ0n) is 8.74. The van der Waals surface area contributed by atoms with E-state index in [1.807, 2.05) is 0 Å². The monoisotopic (exact) mass is 186 g/mol. The van der Waals surface area contributed by atoms with Crippen LogP contribution in [-0.2, 0) is 0 Å². The van der Waals surface area contributed by atoms with Gasteiger partial charge in [-0.05, 0) is 12.1 Å².